The summed E-state index contributed by atoms with van der Waals surface area (Å²) in [6, 6.07) is 10.5. The lowest BCUT2D eigenvalue weighted by molar-refractivity contribution is 0.609. The van der Waals surface area contributed by atoms with Crippen LogP contribution in [0.3, 0.4) is 0 Å². The lowest BCUT2D eigenvalue weighted by Gasteiger charge is -2.09. The van der Waals surface area contributed by atoms with Gasteiger partial charge in [-0.05, 0) is 30.5 Å². The molecule has 0 aliphatic rings. The first-order chi connectivity index (χ1) is 8.22. The minimum atomic E-state index is 0.0876. The van der Waals surface area contributed by atoms with Crippen LogP contribution in [0.5, 0.6) is 0 Å². The van der Waals surface area contributed by atoms with E-state index in [0.717, 1.165) is 18.5 Å². The molecule has 0 bridgehead atoms. The number of rotatable bonds is 4. The first kappa shape index (κ1) is 11.9. The van der Waals surface area contributed by atoms with Crippen LogP contribution in [0.25, 0.3) is 11.3 Å². The monoisotopic (exact) mass is 229 g/mol. The molecule has 1 aromatic heterocycles. The standard InChI is InChI=1S/C14H19N3/c1-3-10-17-14(8-9-16-17)13-6-4-12(5-7-13)11(2)15/h4-9,11H,3,10,15H2,1-2H3. The van der Waals surface area contributed by atoms with Crippen molar-refractivity contribution >= 4 is 0 Å². The van der Waals surface area contributed by atoms with Crippen LogP contribution in [0.4, 0.5) is 0 Å². The third-order valence-corrected chi connectivity index (χ3v) is 2.88. The second-order valence-electron chi connectivity index (χ2n) is 4.35. The van der Waals surface area contributed by atoms with Crippen molar-refractivity contribution in [3.05, 3.63) is 42.1 Å². The van der Waals surface area contributed by atoms with Gasteiger partial charge in [0.2, 0.25) is 0 Å². The smallest absolute Gasteiger partial charge is 0.0682 e. The highest BCUT2D eigenvalue weighted by atomic mass is 15.3. The summed E-state index contributed by atoms with van der Waals surface area (Å²) >= 11 is 0. The van der Waals surface area contributed by atoms with Gasteiger partial charge in [-0.2, -0.15) is 5.10 Å². The topological polar surface area (TPSA) is 43.8 Å². The molecule has 0 aliphatic heterocycles. The maximum absolute atomic E-state index is 5.84. The van der Waals surface area contributed by atoms with E-state index in [2.05, 4.69) is 42.4 Å². The van der Waals surface area contributed by atoms with Crippen LogP contribution in [0.2, 0.25) is 0 Å². The maximum Gasteiger partial charge on any atom is 0.0682 e. The van der Waals surface area contributed by atoms with E-state index in [9.17, 15) is 0 Å². The van der Waals surface area contributed by atoms with E-state index < -0.39 is 0 Å². The molecule has 3 heteroatoms. The Bertz CT molecular complexity index is 468. The fraction of sp³-hybridized carbons (Fsp3) is 0.357. The minimum Gasteiger partial charge on any atom is -0.324 e. The summed E-state index contributed by atoms with van der Waals surface area (Å²) in [7, 11) is 0. The zero-order chi connectivity index (χ0) is 12.3. The molecule has 0 radical (unpaired) electrons. The van der Waals surface area contributed by atoms with Gasteiger partial charge in [-0.3, -0.25) is 4.68 Å². The van der Waals surface area contributed by atoms with E-state index in [4.69, 9.17) is 5.73 Å². The average Bonchev–Trinajstić information content (AvgIpc) is 2.78. The minimum absolute atomic E-state index is 0.0876. The molecular formula is C14H19N3. The van der Waals surface area contributed by atoms with Crippen LogP contribution >= 0.6 is 0 Å². The van der Waals surface area contributed by atoms with Gasteiger partial charge in [0.15, 0.2) is 0 Å². The van der Waals surface area contributed by atoms with Gasteiger partial charge in [-0.25, -0.2) is 0 Å². The number of hydrogen-bond donors (Lipinski definition) is 1. The molecule has 1 unspecified atom stereocenters. The molecule has 2 aromatic rings. The highest BCUT2D eigenvalue weighted by Crippen LogP contribution is 2.21. The number of nitrogens with two attached hydrogens (primary N) is 1. The van der Waals surface area contributed by atoms with Gasteiger partial charge in [-0.1, -0.05) is 31.2 Å². The molecule has 1 aromatic carbocycles. The first-order valence-electron chi connectivity index (χ1n) is 6.10. The molecule has 0 aliphatic carbocycles. The fourth-order valence-corrected chi connectivity index (χ4v) is 1.93. The number of aromatic nitrogens is 2. The zero-order valence-corrected chi connectivity index (χ0v) is 10.4. The summed E-state index contributed by atoms with van der Waals surface area (Å²) in [5.41, 5.74) is 9.37. The summed E-state index contributed by atoms with van der Waals surface area (Å²) in [6.07, 6.45) is 2.94. The lowest BCUT2D eigenvalue weighted by Crippen LogP contribution is -2.05. The van der Waals surface area contributed by atoms with Crippen LogP contribution in [0, 0.1) is 0 Å². The number of hydrogen-bond acceptors (Lipinski definition) is 2. The molecule has 1 heterocycles. The van der Waals surface area contributed by atoms with Crippen molar-refractivity contribution in [3.8, 4) is 11.3 Å². The van der Waals surface area contributed by atoms with Crippen molar-refractivity contribution in [2.24, 2.45) is 5.73 Å². The van der Waals surface area contributed by atoms with Crippen LogP contribution in [-0.4, -0.2) is 9.78 Å². The van der Waals surface area contributed by atoms with E-state index in [1.165, 1.54) is 11.3 Å². The molecule has 0 saturated heterocycles. The Kier molecular flexibility index (Phi) is 3.59. The number of benzene rings is 1. The second kappa shape index (κ2) is 5.15. The predicted molar refractivity (Wildman–Crippen MR) is 70.6 cm³/mol. The zero-order valence-electron chi connectivity index (χ0n) is 10.4. The van der Waals surface area contributed by atoms with Crippen molar-refractivity contribution in [3.63, 3.8) is 0 Å². The van der Waals surface area contributed by atoms with E-state index >= 15 is 0 Å². The average molecular weight is 229 g/mol. The summed E-state index contributed by atoms with van der Waals surface area (Å²) in [6.45, 7) is 5.11. The Labute approximate surface area is 102 Å². The Hall–Kier alpha value is -1.61. The van der Waals surface area contributed by atoms with E-state index in [-0.39, 0.29) is 6.04 Å². The predicted octanol–water partition coefficient (Wildman–Crippen LogP) is 2.98. The van der Waals surface area contributed by atoms with Gasteiger partial charge < -0.3 is 5.73 Å². The van der Waals surface area contributed by atoms with Crippen LogP contribution < -0.4 is 5.73 Å². The van der Waals surface area contributed by atoms with Gasteiger partial charge in [0, 0.05) is 18.8 Å². The highest BCUT2D eigenvalue weighted by Gasteiger charge is 2.05. The van der Waals surface area contributed by atoms with Crippen molar-refractivity contribution in [1.82, 2.24) is 9.78 Å². The number of aryl methyl sites for hydroxylation is 1. The van der Waals surface area contributed by atoms with Gasteiger partial charge in [0.25, 0.3) is 0 Å². The molecule has 0 spiro atoms. The Morgan fingerprint density at radius 3 is 2.53 bits per heavy atom. The van der Waals surface area contributed by atoms with Gasteiger partial charge in [0.05, 0.1) is 5.69 Å². The van der Waals surface area contributed by atoms with Crippen molar-refractivity contribution in [1.29, 1.82) is 0 Å². The Morgan fingerprint density at radius 2 is 1.94 bits per heavy atom. The summed E-state index contributed by atoms with van der Waals surface area (Å²) in [5, 5.41) is 4.33. The van der Waals surface area contributed by atoms with Crippen LogP contribution in [0.1, 0.15) is 31.9 Å². The SMILES string of the molecule is CCCn1nccc1-c1ccc(C(C)N)cc1. The molecule has 3 nitrogen and oxygen atoms in total. The Morgan fingerprint density at radius 1 is 1.24 bits per heavy atom. The first-order valence-corrected chi connectivity index (χ1v) is 6.10. The molecule has 0 saturated carbocycles. The van der Waals surface area contributed by atoms with Crippen molar-refractivity contribution in [2.45, 2.75) is 32.9 Å². The lowest BCUT2D eigenvalue weighted by atomic mass is 10.1. The quantitative estimate of drug-likeness (QED) is 0.876. The van der Waals surface area contributed by atoms with Gasteiger partial charge in [-0.15, -0.1) is 0 Å². The van der Waals surface area contributed by atoms with Crippen molar-refractivity contribution in [2.75, 3.05) is 0 Å². The van der Waals surface area contributed by atoms with Crippen LogP contribution in [0.15, 0.2) is 36.5 Å². The molecular weight excluding hydrogens is 210 g/mol. The molecule has 1 atom stereocenters. The van der Waals surface area contributed by atoms with Crippen LogP contribution in [-0.2, 0) is 6.54 Å². The fourth-order valence-electron chi connectivity index (χ4n) is 1.93. The molecule has 2 rings (SSSR count). The molecule has 0 fully saturated rings. The van der Waals surface area contributed by atoms with Gasteiger partial charge in [0.1, 0.15) is 0 Å². The molecule has 2 N–H and O–H groups in total. The van der Waals surface area contributed by atoms with Gasteiger partial charge >= 0.3 is 0 Å². The number of nitrogens with zero attached hydrogens (tertiary/aromatic N) is 2. The van der Waals surface area contributed by atoms with E-state index in [1.54, 1.807) is 0 Å². The highest BCUT2D eigenvalue weighted by molar-refractivity contribution is 5.59. The summed E-state index contributed by atoms with van der Waals surface area (Å²) < 4.78 is 2.04. The third kappa shape index (κ3) is 2.56. The van der Waals surface area contributed by atoms with E-state index in [1.807, 2.05) is 17.8 Å². The molecule has 0 amide bonds. The Balaban J connectivity index is 2.30. The third-order valence-electron chi connectivity index (χ3n) is 2.88. The van der Waals surface area contributed by atoms with Crippen molar-refractivity contribution < 1.29 is 0 Å². The normalized spacial score (nSPS) is 12.6. The molecule has 17 heavy (non-hydrogen) atoms. The molecule has 90 valence electrons. The maximum atomic E-state index is 5.84. The largest absolute Gasteiger partial charge is 0.324 e. The summed E-state index contributed by atoms with van der Waals surface area (Å²) in [5.74, 6) is 0. The van der Waals surface area contributed by atoms with E-state index in [0.29, 0.717) is 0 Å². The summed E-state index contributed by atoms with van der Waals surface area (Å²) in [4.78, 5) is 0. The second-order valence-corrected chi connectivity index (χ2v) is 4.35.